The highest BCUT2D eigenvalue weighted by atomic mass is 16.5. The van der Waals surface area contributed by atoms with Gasteiger partial charge in [-0.3, -0.25) is 4.79 Å². The first-order chi connectivity index (χ1) is 13.2. The van der Waals surface area contributed by atoms with E-state index in [0.717, 1.165) is 35.8 Å². The van der Waals surface area contributed by atoms with Crippen LogP contribution in [0.1, 0.15) is 41.0 Å². The van der Waals surface area contributed by atoms with Crippen molar-refractivity contribution in [2.45, 2.75) is 32.2 Å². The number of imidazole rings is 2. The first kappa shape index (κ1) is 17.3. The minimum atomic E-state index is -0.147. The molecule has 1 atom stereocenters. The third-order valence-electron chi connectivity index (χ3n) is 4.91. The van der Waals surface area contributed by atoms with Gasteiger partial charge in [-0.25, -0.2) is 9.97 Å². The molecule has 7 heteroatoms. The number of aromatic nitrogens is 4. The summed E-state index contributed by atoms with van der Waals surface area (Å²) >= 11 is 0. The average Bonchev–Trinajstić information content (AvgIpc) is 3.28. The minimum absolute atomic E-state index is 0.147. The van der Waals surface area contributed by atoms with Crippen molar-refractivity contribution in [2.24, 2.45) is 0 Å². The number of fused-ring (bicyclic) bond motifs is 1. The third-order valence-corrected chi connectivity index (χ3v) is 4.91. The molecule has 7 nitrogen and oxygen atoms in total. The third kappa shape index (κ3) is 3.32. The van der Waals surface area contributed by atoms with Crippen LogP contribution in [-0.4, -0.2) is 39.1 Å². The predicted molar refractivity (Wildman–Crippen MR) is 102 cm³/mol. The van der Waals surface area contributed by atoms with E-state index in [1.165, 1.54) is 0 Å². The molecule has 1 amide bonds. The van der Waals surface area contributed by atoms with Gasteiger partial charge in [-0.2, -0.15) is 0 Å². The van der Waals surface area contributed by atoms with Gasteiger partial charge in [-0.1, -0.05) is 19.1 Å². The monoisotopic (exact) mass is 365 g/mol. The summed E-state index contributed by atoms with van der Waals surface area (Å²) in [5.41, 5.74) is 2.44. The molecule has 0 aliphatic carbocycles. The van der Waals surface area contributed by atoms with Gasteiger partial charge in [0.1, 0.15) is 11.4 Å². The maximum Gasteiger partial charge on any atom is 0.271 e. The maximum absolute atomic E-state index is 12.6. The maximum atomic E-state index is 12.6. The normalized spacial score (nSPS) is 16.5. The molecular weight excluding hydrogens is 342 g/mol. The SMILES string of the molecule is CCCn1ccnc1-c1nc2c([nH]1)C[C@H](c1cccc(OC)c1)CNC2=O. The molecule has 4 rings (SSSR count). The van der Waals surface area contributed by atoms with Gasteiger partial charge in [-0.15, -0.1) is 0 Å². The number of amides is 1. The molecular formula is C20H23N5O2. The average molecular weight is 365 g/mol. The summed E-state index contributed by atoms with van der Waals surface area (Å²) in [5, 5.41) is 3.00. The number of rotatable bonds is 5. The quantitative estimate of drug-likeness (QED) is 0.728. The number of methoxy groups -OCH3 is 1. The van der Waals surface area contributed by atoms with Crippen molar-refractivity contribution in [1.29, 1.82) is 0 Å². The van der Waals surface area contributed by atoms with Gasteiger partial charge < -0.3 is 19.6 Å². The van der Waals surface area contributed by atoms with E-state index in [0.29, 0.717) is 24.5 Å². The second-order valence-electron chi connectivity index (χ2n) is 6.74. The van der Waals surface area contributed by atoms with Crippen molar-refractivity contribution < 1.29 is 9.53 Å². The minimum Gasteiger partial charge on any atom is -0.497 e. The van der Waals surface area contributed by atoms with E-state index >= 15 is 0 Å². The number of hydrogen-bond donors (Lipinski definition) is 2. The molecule has 2 aromatic heterocycles. The lowest BCUT2D eigenvalue weighted by molar-refractivity contribution is 0.0950. The number of aromatic amines is 1. The van der Waals surface area contributed by atoms with Gasteiger partial charge in [0.25, 0.3) is 5.91 Å². The number of carbonyl (C=O) groups excluding carboxylic acids is 1. The van der Waals surface area contributed by atoms with Crippen LogP contribution in [0.2, 0.25) is 0 Å². The van der Waals surface area contributed by atoms with Crippen LogP contribution in [0.3, 0.4) is 0 Å². The van der Waals surface area contributed by atoms with Crippen molar-refractivity contribution >= 4 is 5.91 Å². The molecule has 2 N–H and O–H groups in total. The Morgan fingerprint density at radius 3 is 3.07 bits per heavy atom. The summed E-state index contributed by atoms with van der Waals surface area (Å²) in [6.45, 7) is 3.54. The number of nitrogens with zero attached hydrogens (tertiary/aromatic N) is 3. The molecule has 1 aliphatic heterocycles. The lowest BCUT2D eigenvalue weighted by Gasteiger charge is -2.15. The zero-order valence-electron chi connectivity index (χ0n) is 15.5. The highest BCUT2D eigenvalue weighted by Gasteiger charge is 2.27. The number of nitrogens with one attached hydrogen (secondary N) is 2. The van der Waals surface area contributed by atoms with Gasteiger partial charge in [0.05, 0.1) is 7.11 Å². The Morgan fingerprint density at radius 2 is 2.26 bits per heavy atom. The van der Waals surface area contributed by atoms with E-state index in [1.54, 1.807) is 13.3 Å². The molecule has 0 bridgehead atoms. The van der Waals surface area contributed by atoms with Crippen LogP contribution in [-0.2, 0) is 13.0 Å². The number of benzene rings is 1. The molecule has 140 valence electrons. The smallest absolute Gasteiger partial charge is 0.271 e. The van der Waals surface area contributed by atoms with Crippen LogP contribution in [0.15, 0.2) is 36.7 Å². The standard InChI is InChI=1S/C20H23N5O2/c1-3-8-25-9-7-21-19(25)18-23-16-11-14(12-22-20(26)17(16)24-18)13-5-4-6-15(10-13)27-2/h4-7,9-10,14H,3,8,11-12H2,1-2H3,(H,22,26)(H,23,24)/t14-/m0/s1. The lowest BCUT2D eigenvalue weighted by Crippen LogP contribution is -2.26. The summed E-state index contributed by atoms with van der Waals surface area (Å²) in [6.07, 6.45) is 5.40. The molecule has 0 unspecified atom stereocenters. The Hall–Kier alpha value is -3.09. The Bertz CT molecular complexity index is 959. The van der Waals surface area contributed by atoms with Crippen LogP contribution in [0.25, 0.3) is 11.6 Å². The Kier molecular flexibility index (Phi) is 4.66. The number of ether oxygens (including phenoxy) is 1. The Labute approximate surface area is 157 Å². The molecule has 0 saturated carbocycles. The molecule has 0 fully saturated rings. The van der Waals surface area contributed by atoms with Crippen molar-refractivity contribution in [1.82, 2.24) is 24.8 Å². The topological polar surface area (TPSA) is 84.8 Å². The second-order valence-corrected chi connectivity index (χ2v) is 6.74. The van der Waals surface area contributed by atoms with Crippen molar-refractivity contribution in [3.05, 3.63) is 53.6 Å². The van der Waals surface area contributed by atoms with Gasteiger partial charge >= 0.3 is 0 Å². The number of carbonyl (C=O) groups is 1. The molecule has 3 aromatic rings. The number of aryl methyl sites for hydroxylation is 1. The molecule has 0 saturated heterocycles. The van der Waals surface area contributed by atoms with Crippen LogP contribution >= 0.6 is 0 Å². The van der Waals surface area contributed by atoms with E-state index in [1.807, 2.05) is 24.4 Å². The van der Waals surface area contributed by atoms with E-state index < -0.39 is 0 Å². The van der Waals surface area contributed by atoms with E-state index in [4.69, 9.17) is 4.74 Å². The van der Waals surface area contributed by atoms with Gasteiger partial charge in [0, 0.05) is 37.1 Å². The van der Waals surface area contributed by atoms with Gasteiger partial charge in [0.15, 0.2) is 11.6 Å². The van der Waals surface area contributed by atoms with Gasteiger partial charge in [-0.05, 0) is 30.5 Å². The first-order valence-corrected chi connectivity index (χ1v) is 9.22. The molecule has 27 heavy (non-hydrogen) atoms. The second kappa shape index (κ2) is 7.26. The lowest BCUT2D eigenvalue weighted by atomic mass is 9.94. The molecule has 1 aromatic carbocycles. The summed E-state index contributed by atoms with van der Waals surface area (Å²) in [5.74, 6) is 2.21. The van der Waals surface area contributed by atoms with Crippen molar-refractivity contribution in [2.75, 3.05) is 13.7 Å². The van der Waals surface area contributed by atoms with Crippen LogP contribution in [0, 0.1) is 0 Å². The number of hydrogen-bond acceptors (Lipinski definition) is 4. The fourth-order valence-electron chi connectivity index (χ4n) is 3.55. The van der Waals surface area contributed by atoms with Gasteiger partial charge in [0.2, 0.25) is 0 Å². The summed E-state index contributed by atoms with van der Waals surface area (Å²) in [4.78, 5) is 24.9. The van der Waals surface area contributed by atoms with Crippen LogP contribution in [0.4, 0.5) is 0 Å². The Morgan fingerprint density at radius 1 is 1.37 bits per heavy atom. The zero-order valence-corrected chi connectivity index (χ0v) is 15.5. The highest BCUT2D eigenvalue weighted by Crippen LogP contribution is 2.28. The zero-order chi connectivity index (χ0) is 18.8. The fraction of sp³-hybridized carbons (Fsp3) is 0.350. The van der Waals surface area contributed by atoms with Crippen molar-refractivity contribution in [3.8, 4) is 17.4 Å². The predicted octanol–water partition coefficient (Wildman–Crippen LogP) is 2.76. The van der Waals surface area contributed by atoms with Crippen LogP contribution in [0.5, 0.6) is 5.75 Å². The number of H-pyrrole nitrogens is 1. The van der Waals surface area contributed by atoms with Crippen molar-refractivity contribution in [3.63, 3.8) is 0 Å². The van der Waals surface area contributed by atoms with Crippen LogP contribution < -0.4 is 10.1 Å². The molecule has 0 radical (unpaired) electrons. The molecule has 3 heterocycles. The summed E-state index contributed by atoms with van der Waals surface area (Å²) in [6, 6.07) is 7.98. The van der Waals surface area contributed by atoms with E-state index in [9.17, 15) is 4.79 Å². The van der Waals surface area contributed by atoms with E-state index in [-0.39, 0.29) is 11.8 Å². The Balaban J connectivity index is 1.68. The summed E-state index contributed by atoms with van der Waals surface area (Å²) < 4.78 is 7.39. The fourth-order valence-corrected chi connectivity index (χ4v) is 3.55. The largest absolute Gasteiger partial charge is 0.497 e. The molecule has 1 aliphatic rings. The highest BCUT2D eigenvalue weighted by molar-refractivity contribution is 5.94. The van der Waals surface area contributed by atoms with E-state index in [2.05, 4.69) is 37.8 Å². The molecule has 0 spiro atoms. The summed E-state index contributed by atoms with van der Waals surface area (Å²) in [7, 11) is 1.66. The first-order valence-electron chi connectivity index (χ1n) is 9.22.